The first-order valence-corrected chi connectivity index (χ1v) is 7.45. The Morgan fingerprint density at radius 1 is 1.15 bits per heavy atom. The number of benzene rings is 1. The number of carbonyl (C=O) groups excluding carboxylic acids is 1. The summed E-state index contributed by atoms with van der Waals surface area (Å²) in [4.78, 5) is 15.3. The number of rotatable bonds is 4. The fourth-order valence-electron chi connectivity index (χ4n) is 2.25. The third-order valence-corrected chi connectivity index (χ3v) is 3.46. The Kier molecular flexibility index (Phi) is 4.70. The fourth-order valence-corrected chi connectivity index (χ4v) is 2.25. The van der Waals surface area contributed by atoms with E-state index in [1.165, 1.54) is 41.2 Å². The zero-order chi connectivity index (χ0) is 18.7. The maximum atomic E-state index is 13.6. The van der Waals surface area contributed by atoms with Crippen molar-refractivity contribution in [3.8, 4) is 5.69 Å². The minimum Gasteiger partial charge on any atom is -0.309 e. The van der Waals surface area contributed by atoms with Gasteiger partial charge in [0.1, 0.15) is 11.5 Å². The summed E-state index contributed by atoms with van der Waals surface area (Å²) in [6.45, 7) is 0. The van der Waals surface area contributed by atoms with E-state index in [-0.39, 0.29) is 23.5 Å². The highest BCUT2D eigenvalue weighted by Gasteiger charge is 2.32. The SMILES string of the molecule is O=C(Cc1ccccc1F)Nc1ccn(-c2ccnc(C(F)(F)F)c2)n1. The Labute approximate surface area is 145 Å². The molecule has 0 fully saturated rings. The first-order valence-electron chi connectivity index (χ1n) is 7.45. The maximum Gasteiger partial charge on any atom is 0.433 e. The number of anilines is 1. The molecule has 0 saturated carbocycles. The summed E-state index contributed by atoms with van der Waals surface area (Å²) >= 11 is 0. The van der Waals surface area contributed by atoms with Crippen LogP contribution in [0.1, 0.15) is 11.3 Å². The molecule has 26 heavy (non-hydrogen) atoms. The van der Waals surface area contributed by atoms with Gasteiger partial charge in [-0.1, -0.05) is 18.2 Å². The molecule has 0 aliphatic heterocycles. The van der Waals surface area contributed by atoms with Crippen LogP contribution < -0.4 is 5.32 Å². The largest absolute Gasteiger partial charge is 0.433 e. The maximum absolute atomic E-state index is 13.6. The van der Waals surface area contributed by atoms with E-state index in [1.807, 2.05) is 0 Å². The van der Waals surface area contributed by atoms with Crippen LogP contribution in [0.2, 0.25) is 0 Å². The van der Waals surface area contributed by atoms with Crippen LogP contribution in [0.15, 0.2) is 54.9 Å². The van der Waals surface area contributed by atoms with Crippen molar-refractivity contribution < 1.29 is 22.4 Å². The summed E-state index contributed by atoms with van der Waals surface area (Å²) in [6, 6.07) is 9.49. The molecular weight excluding hydrogens is 352 g/mol. The van der Waals surface area contributed by atoms with E-state index in [0.717, 1.165) is 12.3 Å². The van der Waals surface area contributed by atoms with Crippen molar-refractivity contribution in [2.45, 2.75) is 12.6 Å². The number of pyridine rings is 1. The number of hydrogen-bond acceptors (Lipinski definition) is 3. The second kappa shape index (κ2) is 6.95. The van der Waals surface area contributed by atoms with Gasteiger partial charge >= 0.3 is 6.18 Å². The summed E-state index contributed by atoms with van der Waals surface area (Å²) in [5.74, 6) is -0.854. The standard InChI is InChI=1S/C17H12F4N4O/c18-13-4-2-1-3-11(13)9-16(26)23-15-6-8-25(24-15)12-5-7-22-14(10-12)17(19,20)21/h1-8,10H,9H2,(H,23,24,26). The van der Waals surface area contributed by atoms with Gasteiger partial charge in [0.25, 0.3) is 0 Å². The highest BCUT2D eigenvalue weighted by molar-refractivity contribution is 5.91. The highest BCUT2D eigenvalue weighted by atomic mass is 19.4. The number of nitrogens with one attached hydrogen (secondary N) is 1. The van der Waals surface area contributed by atoms with Gasteiger partial charge in [0, 0.05) is 18.5 Å². The van der Waals surface area contributed by atoms with Crippen LogP contribution in [0, 0.1) is 5.82 Å². The average molecular weight is 364 g/mol. The van der Waals surface area contributed by atoms with Crippen LogP contribution in [0.3, 0.4) is 0 Å². The topological polar surface area (TPSA) is 59.8 Å². The van der Waals surface area contributed by atoms with Gasteiger partial charge in [0.05, 0.1) is 12.1 Å². The minimum absolute atomic E-state index is 0.136. The molecule has 0 bridgehead atoms. The predicted molar refractivity (Wildman–Crippen MR) is 85.1 cm³/mol. The van der Waals surface area contributed by atoms with Crippen molar-refractivity contribution in [2.75, 3.05) is 5.32 Å². The Morgan fingerprint density at radius 3 is 2.65 bits per heavy atom. The quantitative estimate of drug-likeness (QED) is 0.720. The van der Waals surface area contributed by atoms with Gasteiger partial charge in [0.15, 0.2) is 5.82 Å². The molecule has 0 aliphatic carbocycles. The zero-order valence-electron chi connectivity index (χ0n) is 13.2. The van der Waals surface area contributed by atoms with Gasteiger partial charge < -0.3 is 5.32 Å². The summed E-state index contributed by atoms with van der Waals surface area (Å²) < 4.78 is 52.9. The van der Waals surface area contributed by atoms with Gasteiger partial charge in [-0.05, 0) is 23.8 Å². The van der Waals surface area contributed by atoms with E-state index >= 15 is 0 Å². The van der Waals surface area contributed by atoms with E-state index in [4.69, 9.17) is 0 Å². The molecule has 0 radical (unpaired) electrons. The molecule has 0 saturated heterocycles. The molecule has 3 aromatic rings. The van der Waals surface area contributed by atoms with E-state index in [1.54, 1.807) is 6.07 Å². The average Bonchev–Trinajstić information content (AvgIpc) is 3.05. The van der Waals surface area contributed by atoms with Crippen molar-refractivity contribution >= 4 is 11.7 Å². The molecule has 0 atom stereocenters. The van der Waals surface area contributed by atoms with Crippen LogP contribution in [0.4, 0.5) is 23.4 Å². The Morgan fingerprint density at radius 2 is 1.92 bits per heavy atom. The lowest BCUT2D eigenvalue weighted by Crippen LogP contribution is -2.15. The second-order valence-electron chi connectivity index (χ2n) is 5.36. The van der Waals surface area contributed by atoms with Crippen LogP contribution >= 0.6 is 0 Å². The molecule has 9 heteroatoms. The van der Waals surface area contributed by atoms with Gasteiger partial charge in [-0.2, -0.15) is 18.3 Å². The van der Waals surface area contributed by atoms with Crippen LogP contribution in [-0.2, 0) is 17.4 Å². The first-order chi connectivity index (χ1) is 12.3. The van der Waals surface area contributed by atoms with Gasteiger partial charge in [-0.3, -0.25) is 9.78 Å². The van der Waals surface area contributed by atoms with Crippen LogP contribution in [-0.4, -0.2) is 20.7 Å². The molecule has 134 valence electrons. The number of hydrogen-bond donors (Lipinski definition) is 1. The van der Waals surface area contributed by atoms with E-state index in [2.05, 4.69) is 15.4 Å². The van der Waals surface area contributed by atoms with Gasteiger partial charge in [0.2, 0.25) is 5.91 Å². The first kappa shape index (κ1) is 17.6. The molecule has 0 spiro atoms. The molecule has 0 aliphatic rings. The van der Waals surface area contributed by atoms with Crippen LogP contribution in [0.5, 0.6) is 0 Å². The highest BCUT2D eigenvalue weighted by Crippen LogP contribution is 2.28. The molecule has 1 N–H and O–H groups in total. The molecule has 5 nitrogen and oxygen atoms in total. The second-order valence-corrected chi connectivity index (χ2v) is 5.36. The zero-order valence-corrected chi connectivity index (χ0v) is 13.2. The number of carbonyl (C=O) groups is 1. The summed E-state index contributed by atoms with van der Waals surface area (Å²) in [5, 5.41) is 6.48. The summed E-state index contributed by atoms with van der Waals surface area (Å²) in [5.41, 5.74) is -0.675. The molecular formula is C17H12F4N4O. The molecule has 2 heterocycles. The lowest BCUT2D eigenvalue weighted by Gasteiger charge is -2.07. The van der Waals surface area contributed by atoms with Gasteiger partial charge in [-0.25, -0.2) is 9.07 Å². The van der Waals surface area contributed by atoms with Crippen molar-refractivity contribution in [3.05, 3.63) is 71.9 Å². The molecule has 1 aromatic carbocycles. The minimum atomic E-state index is -4.57. The van der Waals surface area contributed by atoms with Crippen molar-refractivity contribution in [1.82, 2.24) is 14.8 Å². The van der Waals surface area contributed by atoms with Crippen molar-refractivity contribution in [2.24, 2.45) is 0 Å². The van der Waals surface area contributed by atoms with E-state index in [9.17, 15) is 22.4 Å². The number of aromatic nitrogens is 3. The monoisotopic (exact) mass is 364 g/mol. The third kappa shape index (κ3) is 4.05. The summed E-state index contributed by atoms with van der Waals surface area (Å²) in [6.07, 6.45) is -2.34. The van der Waals surface area contributed by atoms with Crippen molar-refractivity contribution in [1.29, 1.82) is 0 Å². The molecule has 1 amide bonds. The third-order valence-electron chi connectivity index (χ3n) is 3.46. The lowest BCUT2D eigenvalue weighted by molar-refractivity contribution is -0.141. The predicted octanol–water partition coefficient (Wildman–Crippen LogP) is 3.61. The number of alkyl halides is 3. The number of halogens is 4. The normalized spacial score (nSPS) is 11.4. The van der Waals surface area contributed by atoms with E-state index < -0.39 is 23.6 Å². The lowest BCUT2D eigenvalue weighted by atomic mass is 10.1. The Hall–Kier alpha value is -3.23. The van der Waals surface area contributed by atoms with Crippen LogP contribution in [0.25, 0.3) is 5.69 Å². The smallest absolute Gasteiger partial charge is 0.309 e. The molecule has 3 rings (SSSR count). The summed E-state index contributed by atoms with van der Waals surface area (Å²) in [7, 11) is 0. The van der Waals surface area contributed by atoms with Crippen molar-refractivity contribution in [3.63, 3.8) is 0 Å². The fraction of sp³-hybridized carbons (Fsp3) is 0.118. The van der Waals surface area contributed by atoms with E-state index in [0.29, 0.717) is 0 Å². The van der Waals surface area contributed by atoms with Gasteiger partial charge in [-0.15, -0.1) is 0 Å². The molecule has 2 aromatic heterocycles. The Balaban J connectivity index is 1.72. The molecule has 0 unspecified atom stereocenters. The number of amides is 1. The Bertz CT molecular complexity index is 936. The number of nitrogens with zero attached hydrogens (tertiary/aromatic N) is 3.